The smallest absolute Gasteiger partial charge is 0.191 e. The Balaban J connectivity index is 0.00000338. The largest absolute Gasteiger partial charge is 0.357 e. The zero-order valence-electron chi connectivity index (χ0n) is 15.4. The van der Waals surface area contributed by atoms with Gasteiger partial charge in [0.25, 0.3) is 0 Å². The van der Waals surface area contributed by atoms with Crippen LogP contribution in [0.25, 0.3) is 0 Å². The number of aliphatic imine (C=N–C) groups is 1. The van der Waals surface area contributed by atoms with Gasteiger partial charge in [-0.15, -0.1) is 24.0 Å². The molecule has 1 heterocycles. The molecule has 0 saturated heterocycles. The normalized spacial score (nSPS) is 11.8. The third kappa shape index (κ3) is 6.24. The van der Waals surface area contributed by atoms with E-state index in [0.717, 1.165) is 23.5 Å². The number of nitrogens with one attached hydrogen (secondary N) is 2. The number of rotatable bonds is 6. The molecule has 0 amide bonds. The maximum Gasteiger partial charge on any atom is 0.191 e. The van der Waals surface area contributed by atoms with E-state index in [1.807, 2.05) is 20.0 Å². The van der Waals surface area contributed by atoms with E-state index in [4.69, 9.17) is 0 Å². The summed E-state index contributed by atoms with van der Waals surface area (Å²) in [4.78, 5) is 9.05. The summed E-state index contributed by atoms with van der Waals surface area (Å²) in [5.74, 6) is 1.47. The second kappa shape index (κ2) is 9.86. The van der Waals surface area contributed by atoms with Gasteiger partial charge >= 0.3 is 0 Å². The van der Waals surface area contributed by atoms with Gasteiger partial charge in [0, 0.05) is 19.8 Å². The van der Waals surface area contributed by atoms with Gasteiger partial charge in [-0.2, -0.15) is 5.10 Å². The van der Waals surface area contributed by atoms with E-state index in [1.54, 1.807) is 23.7 Å². The molecule has 0 saturated carbocycles. The van der Waals surface area contributed by atoms with E-state index in [-0.39, 0.29) is 24.0 Å². The number of hydrogen-bond acceptors (Lipinski definition) is 5. The molecular weight excluding hydrogens is 467 g/mol. The lowest BCUT2D eigenvalue weighted by Crippen LogP contribution is -2.37. The first-order valence-electron chi connectivity index (χ1n) is 7.96. The van der Waals surface area contributed by atoms with Crippen molar-refractivity contribution in [2.45, 2.75) is 31.8 Å². The fourth-order valence-electron chi connectivity index (χ4n) is 2.38. The van der Waals surface area contributed by atoms with Crippen LogP contribution in [0.4, 0.5) is 0 Å². The molecule has 2 aromatic rings. The lowest BCUT2D eigenvalue weighted by atomic mass is 10.1. The minimum absolute atomic E-state index is 0. The van der Waals surface area contributed by atoms with E-state index in [1.165, 1.54) is 12.6 Å². The molecule has 26 heavy (non-hydrogen) atoms. The van der Waals surface area contributed by atoms with Gasteiger partial charge in [-0.05, 0) is 31.0 Å². The number of guanidine groups is 1. The zero-order valence-corrected chi connectivity index (χ0v) is 18.5. The molecule has 0 aliphatic heterocycles. The van der Waals surface area contributed by atoms with Crippen molar-refractivity contribution in [1.82, 2.24) is 25.4 Å². The maximum absolute atomic E-state index is 11.7. The second-order valence-electron chi connectivity index (χ2n) is 5.72. The van der Waals surface area contributed by atoms with Crippen molar-refractivity contribution >= 4 is 39.8 Å². The van der Waals surface area contributed by atoms with Crippen molar-refractivity contribution in [2.24, 2.45) is 12.0 Å². The van der Waals surface area contributed by atoms with Crippen LogP contribution >= 0.6 is 24.0 Å². The Morgan fingerprint density at radius 2 is 2.04 bits per heavy atom. The van der Waals surface area contributed by atoms with Gasteiger partial charge in [-0.25, -0.2) is 18.4 Å². The molecule has 0 aliphatic carbocycles. The van der Waals surface area contributed by atoms with Crippen molar-refractivity contribution in [1.29, 1.82) is 0 Å². The van der Waals surface area contributed by atoms with Gasteiger partial charge in [0.1, 0.15) is 12.2 Å². The molecule has 2 N–H and O–H groups in total. The third-order valence-electron chi connectivity index (χ3n) is 3.62. The maximum atomic E-state index is 11.7. The number of sulfone groups is 1. The molecule has 1 aromatic heterocycles. The van der Waals surface area contributed by atoms with E-state index in [2.05, 4.69) is 25.7 Å². The molecule has 0 aliphatic rings. The Morgan fingerprint density at radius 1 is 1.31 bits per heavy atom. The second-order valence-corrected chi connectivity index (χ2v) is 7.70. The number of aromatic nitrogens is 3. The topological polar surface area (TPSA) is 101 Å². The molecule has 0 unspecified atom stereocenters. The molecule has 0 atom stereocenters. The molecule has 1 aromatic carbocycles. The molecule has 10 heteroatoms. The van der Waals surface area contributed by atoms with Crippen molar-refractivity contribution in [3.05, 3.63) is 41.5 Å². The molecule has 0 radical (unpaired) electrons. The first kappa shape index (κ1) is 22.4. The fourth-order valence-corrected chi connectivity index (χ4v) is 3.34. The molecule has 0 fully saturated rings. The quantitative estimate of drug-likeness (QED) is 0.359. The molecule has 0 spiro atoms. The molecule has 8 nitrogen and oxygen atoms in total. The Bertz CT molecular complexity index is 863. The summed E-state index contributed by atoms with van der Waals surface area (Å²) in [6.45, 7) is 5.47. The van der Waals surface area contributed by atoms with Crippen LogP contribution in [-0.4, -0.2) is 41.9 Å². The van der Waals surface area contributed by atoms with Crippen molar-refractivity contribution < 1.29 is 8.42 Å². The standard InChI is InChI=1S/C16H24N6O2S.HI/c1-5-17-16(19-10-15-20-11-21-22(15)3)18-9-13-6-7-14(12(2)8-13)25(4,23)24;/h6-8,11H,5,9-10H2,1-4H3,(H2,17,18,19);1H. The van der Waals surface area contributed by atoms with E-state index >= 15 is 0 Å². The van der Waals surface area contributed by atoms with Crippen LogP contribution in [0.15, 0.2) is 34.4 Å². The molecule has 144 valence electrons. The van der Waals surface area contributed by atoms with Crippen molar-refractivity contribution in [3.8, 4) is 0 Å². The van der Waals surface area contributed by atoms with Crippen molar-refractivity contribution in [2.75, 3.05) is 12.8 Å². The summed E-state index contributed by atoms with van der Waals surface area (Å²) in [5, 5.41) is 10.4. The summed E-state index contributed by atoms with van der Waals surface area (Å²) in [6.07, 6.45) is 2.72. The van der Waals surface area contributed by atoms with Crippen LogP contribution in [-0.2, 0) is 30.0 Å². The Kier molecular flexibility index (Phi) is 8.47. The Morgan fingerprint density at radius 3 is 2.58 bits per heavy atom. The van der Waals surface area contributed by atoms with Crippen LogP contribution in [0.2, 0.25) is 0 Å². The molecule has 2 rings (SSSR count). The summed E-state index contributed by atoms with van der Waals surface area (Å²) >= 11 is 0. The SMILES string of the molecule is CCNC(=NCc1ccc(S(C)(=O)=O)c(C)c1)NCc1ncnn1C.I. The fraction of sp³-hybridized carbons (Fsp3) is 0.438. The highest BCUT2D eigenvalue weighted by molar-refractivity contribution is 14.0. The van der Waals surface area contributed by atoms with E-state index < -0.39 is 9.84 Å². The number of aryl methyl sites for hydroxylation is 2. The summed E-state index contributed by atoms with van der Waals surface area (Å²) in [6, 6.07) is 5.28. The minimum Gasteiger partial charge on any atom is -0.357 e. The number of nitrogens with zero attached hydrogens (tertiary/aromatic N) is 4. The van der Waals surface area contributed by atoms with Crippen LogP contribution < -0.4 is 10.6 Å². The predicted octanol–water partition coefficient (Wildman–Crippen LogP) is 1.40. The summed E-state index contributed by atoms with van der Waals surface area (Å²) < 4.78 is 25.1. The van der Waals surface area contributed by atoms with Crippen LogP contribution in [0.1, 0.15) is 23.9 Å². The van der Waals surface area contributed by atoms with Crippen LogP contribution in [0.3, 0.4) is 0 Å². The Hall–Kier alpha value is -1.69. The zero-order chi connectivity index (χ0) is 18.4. The molecular formula is C16H25IN6O2S. The van der Waals surface area contributed by atoms with E-state index in [9.17, 15) is 8.42 Å². The van der Waals surface area contributed by atoms with Gasteiger partial charge in [0.05, 0.1) is 18.0 Å². The van der Waals surface area contributed by atoms with Gasteiger partial charge in [0.15, 0.2) is 15.8 Å². The first-order valence-corrected chi connectivity index (χ1v) is 9.85. The average molecular weight is 492 g/mol. The average Bonchev–Trinajstić information content (AvgIpc) is 2.94. The Labute approximate surface area is 171 Å². The van der Waals surface area contributed by atoms with Gasteiger partial charge in [0.2, 0.25) is 0 Å². The first-order chi connectivity index (χ1) is 11.8. The minimum atomic E-state index is -3.20. The van der Waals surface area contributed by atoms with Crippen LogP contribution in [0, 0.1) is 6.92 Å². The monoisotopic (exact) mass is 492 g/mol. The highest BCUT2D eigenvalue weighted by Crippen LogP contribution is 2.17. The summed E-state index contributed by atoms with van der Waals surface area (Å²) in [5.41, 5.74) is 1.67. The lowest BCUT2D eigenvalue weighted by Gasteiger charge is -2.11. The van der Waals surface area contributed by atoms with Crippen molar-refractivity contribution in [3.63, 3.8) is 0 Å². The van der Waals surface area contributed by atoms with Crippen LogP contribution in [0.5, 0.6) is 0 Å². The highest BCUT2D eigenvalue weighted by atomic mass is 127. The number of hydrogen-bond donors (Lipinski definition) is 2. The number of halogens is 1. The number of benzene rings is 1. The third-order valence-corrected chi connectivity index (χ3v) is 4.88. The summed E-state index contributed by atoms with van der Waals surface area (Å²) in [7, 11) is -1.37. The lowest BCUT2D eigenvalue weighted by molar-refractivity contribution is 0.601. The predicted molar refractivity (Wildman–Crippen MR) is 112 cm³/mol. The van der Waals surface area contributed by atoms with Gasteiger partial charge in [-0.3, -0.25) is 4.68 Å². The molecule has 0 bridgehead atoms. The van der Waals surface area contributed by atoms with Gasteiger partial charge < -0.3 is 10.6 Å². The van der Waals surface area contributed by atoms with E-state index in [0.29, 0.717) is 23.9 Å². The van der Waals surface area contributed by atoms with Gasteiger partial charge in [-0.1, -0.05) is 12.1 Å². The highest BCUT2D eigenvalue weighted by Gasteiger charge is 2.10.